The molecule has 4 nitrogen and oxygen atoms in total. The normalized spacial score (nSPS) is 20.4. The van der Waals surface area contributed by atoms with Gasteiger partial charge in [-0.25, -0.2) is 0 Å². The summed E-state index contributed by atoms with van der Waals surface area (Å²) in [5.41, 5.74) is 2.39. The van der Waals surface area contributed by atoms with E-state index in [1.165, 1.54) is 5.56 Å². The van der Waals surface area contributed by atoms with Crippen molar-refractivity contribution in [3.63, 3.8) is 0 Å². The van der Waals surface area contributed by atoms with Crippen molar-refractivity contribution in [1.82, 2.24) is 10.2 Å². The SMILES string of the molecule is Cc1ccc(C(C)N(C)C(=O)CC2CNCCO2)cc1. The van der Waals surface area contributed by atoms with E-state index in [2.05, 4.69) is 43.4 Å². The Kier molecular flexibility index (Phi) is 5.15. The van der Waals surface area contributed by atoms with E-state index in [-0.39, 0.29) is 18.1 Å². The number of amides is 1. The second-order valence-corrected chi connectivity index (χ2v) is 5.49. The van der Waals surface area contributed by atoms with E-state index in [0.717, 1.165) is 18.7 Å². The van der Waals surface area contributed by atoms with Gasteiger partial charge in [-0.15, -0.1) is 0 Å². The number of benzene rings is 1. The van der Waals surface area contributed by atoms with E-state index in [4.69, 9.17) is 4.74 Å². The Morgan fingerprint density at radius 3 is 2.75 bits per heavy atom. The van der Waals surface area contributed by atoms with E-state index in [0.29, 0.717) is 13.0 Å². The molecular formula is C16H24N2O2. The Morgan fingerprint density at radius 2 is 2.15 bits per heavy atom. The molecule has 0 spiro atoms. The van der Waals surface area contributed by atoms with Gasteiger partial charge in [0.1, 0.15) is 0 Å². The zero-order valence-corrected chi connectivity index (χ0v) is 12.6. The molecule has 0 aliphatic carbocycles. The van der Waals surface area contributed by atoms with Crippen LogP contribution >= 0.6 is 0 Å². The van der Waals surface area contributed by atoms with Crippen molar-refractivity contribution in [2.45, 2.75) is 32.4 Å². The molecule has 1 N–H and O–H groups in total. The van der Waals surface area contributed by atoms with Gasteiger partial charge in [0.15, 0.2) is 0 Å². The Balaban J connectivity index is 1.93. The van der Waals surface area contributed by atoms with Crippen molar-refractivity contribution < 1.29 is 9.53 Å². The molecule has 0 saturated carbocycles. The summed E-state index contributed by atoms with van der Waals surface area (Å²) >= 11 is 0. The van der Waals surface area contributed by atoms with Crippen LogP contribution in [-0.2, 0) is 9.53 Å². The lowest BCUT2D eigenvalue weighted by atomic mass is 10.0. The number of morpholine rings is 1. The molecule has 1 aromatic carbocycles. The maximum absolute atomic E-state index is 12.3. The third-order valence-corrected chi connectivity index (χ3v) is 3.94. The minimum Gasteiger partial charge on any atom is -0.375 e. The van der Waals surface area contributed by atoms with Gasteiger partial charge in [0.2, 0.25) is 5.91 Å². The molecule has 1 fully saturated rings. The molecule has 1 heterocycles. The van der Waals surface area contributed by atoms with Crippen molar-refractivity contribution in [1.29, 1.82) is 0 Å². The molecule has 0 bridgehead atoms. The van der Waals surface area contributed by atoms with Crippen LogP contribution in [0.3, 0.4) is 0 Å². The van der Waals surface area contributed by atoms with Crippen LogP contribution in [0.25, 0.3) is 0 Å². The molecule has 1 saturated heterocycles. The Morgan fingerprint density at radius 1 is 1.45 bits per heavy atom. The smallest absolute Gasteiger partial charge is 0.225 e. The fourth-order valence-electron chi connectivity index (χ4n) is 2.37. The summed E-state index contributed by atoms with van der Waals surface area (Å²) in [6.07, 6.45) is 0.448. The number of hydrogen-bond donors (Lipinski definition) is 1. The summed E-state index contributed by atoms with van der Waals surface area (Å²) in [7, 11) is 1.86. The fourth-order valence-corrected chi connectivity index (χ4v) is 2.37. The lowest BCUT2D eigenvalue weighted by Gasteiger charge is -2.29. The molecule has 1 aromatic rings. The second-order valence-electron chi connectivity index (χ2n) is 5.49. The monoisotopic (exact) mass is 276 g/mol. The summed E-state index contributed by atoms with van der Waals surface area (Å²) in [6.45, 7) is 6.45. The van der Waals surface area contributed by atoms with Crippen molar-refractivity contribution in [2.75, 3.05) is 26.7 Å². The first-order chi connectivity index (χ1) is 9.58. The zero-order chi connectivity index (χ0) is 14.5. The van der Waals surface area contributed by atoms with Crippen molar-refractivity contribution in [2.24, 2.45) is 0 Å². The standard InChI is InChI=1S/C16H24N2O2/c1-12-4-6-14(7-5-12)13(2)18(3)16(19)10-15-11-17-8-9-20-15/h4-7,13,15,17H,8-11H2,1-3H3. The molecule has 4 heteroatoms. The third-order valence-electron chi connectivity index (χ3n) is 3.94. The summed E-state index contributed by atoms with van der Waals surface area (Å²) in [4.78, 5) is 14.1. The number of nitrogens with zero attached hydrogens (tertiary/aromatic N) is 1. The van der Waals surface area contributed by atoms with Crippen LogP contribution in [0.5, 0.6) is 0 Å². The van der Waals surface area contributed by atoms with E-state index in [1.807, 2.05) is 11.9 Å². The second kappa shape index (κ2) is 6.86. The van der Waals surface area contributed by atoms with Crippen LogP contribution < -0.4 is 5.32 Å². The van der Waals surface area contributed by atoms with Gasteiger partial charge in [-0.3, -0.25) is 4.79 Å². The van der Waals surface area contributed by atoms with Gasteiger partial charge in [-0.05, 0) is 19.4 Å². The number of ether oxygens (including phenoxy) is 1. The van der Waals surface area contributed by atoms with Crippen LogP contribution in [0.15, 0.2) is 24.3 Å². The lowest BCUT2D eigenvalue weighted by molar-refractivity contribution is -0.135. The Hall–Kier alpha value is -1.39. The van der Waals surface area contributed by atoms with E-state index >= 15 is 0 Å². The van der Waals surface area contributed by atoms with Gasteiger partial charge in [-0.2, -0.15) is 0 Å². The minimum atomic E-state index is 0.00363. The van der Waals surface area contributed by atoms with Crippen molar-refractivity contribution in [3.8, 4) is 0 Å². The zero-order valence-electron chi connectivity index (χ0n) is 12.6. The lowest BCUT2D eigenvalue weighted by Crippen LogP contribution is -2.42. The predicted molar refractivity (Wildman–Crippen MR) is 79.6 cm³/mol. The van der Waals surface area contributed by atoms with E-state index < -0.39 is 0 Å². The van der Waals surface area contributed by atoms with Crippen LogP contribution in [-0.4, -0.2) is 43.7 Å². The highest BCUT2D eigenvalue weighted by atomic mass is 16.5. The van der Waals surface area contributed by atoms with Crippen LogP contribution in [0, 0.1) is 6.92 Å². The van der Waals surface area contributed by atoms with E-state index in [9.17, 15) is 4.79 Å². The highest BCUT2D eigenvalue weighted by molar-refractivity contribution is 5.77. The first-order valence-electron chi connectivity index (χ1n) is 7.22. The average Bonchev–Trinajstić information content (AvgIpc) is 2.47. The maximum Gasteiger partial charge on any atom is 0.225 e. The quantitative estimate of drug-likeness (QED) is 0.913. The molecule has 0 radical (unpaired) electrons. The number of hydrogen-bond acceptors (Lipinski definition) is 3. The summed E-state index contributed by atoms with van der Waals surface area (Å²) in [5, 5.41) is 3.25. The Labute approximate surface area is 121 Å². The highest BCUT2D eigenvalue weighted by Crippen LogP contribution is 2.20. The predicted octanol–water partition coefficient (Wildman–Crippen LogP) is 1.89. The third kappa shape index (κ3) is 3.81. The average molecular weight is 276 g/mol. The van der Waals surface area contributed by atoms with Gasteiger partial charge >= 0.3 is 0 Å². The van der Waals surface area contributed by atoms with Gasteiger partial charge in [0.05, 0.1) is 25.2 Å². The van der Waals surface area contributed by atoms with Gasteiger partial charge < -0.3 is 15.0 Å². The molecule has 2 unspecified atom stereocenters. The molecule has 0 aromatic heterocycles. The Bertz CT molecular complexity index is 438. The number of rotatable bonds is 4. The first-order valence-corrected chi connectivity index (χ1v) is 7.22. The topological polar surface area (TPSA) is 41.6 Å². The molecule has 1 aliphatic rings. The van der Waals surface area contributed by atoms with Crippen molar-refractivity contribution in [3.05, 3.63) is 35.4 Å². The molecule has 20 heavy (non-hydrogen) atoms. The number of carbonyl (C=O) groups is 1. The summed E-state index contributed by atoms with van der Waals surface area (Å²) < 4.78 is 5.59. The first kappa shape index (κ1) is 15.0. The van der Waals surface area contributed by atoms with Gasteiger partial charge in [-0.1, -0.05) is 29.8 Å². The fraction of sp³-hybridized carbons (Fsp3) is 0.562. The number of carbonyl (C=O) groups excluding carboxylic acids is 1. The molecular weight excluding hydrogens is 252 g/mol. The highest BCUT2D eigenvalue weighted by Gasteiger charge is 2.22. The maximum atomic E-state index is 12.3. The molecule has 110 valence electrons. The largest absolute Gasteiger partial charge is 0.375 e. The summed E-state index contributed by atoms with van der Waals surface area (Å²) in [6, 6.07) is 8.42. The number of nitrogens with one attached hydrogen (secondary N) is 1. The van der Waals surface area contributed by atoms with Crippen molar-refractivity contribution >= 4 is 5.91 Å². The molecule has 2 atom stereocenters. The van der Waals surface area contributed by atoms with Crippen LogP contribution in [0.4, 0.5) is 0 Å². The molecule has 2 rings (SSSR count). The number of aryl methyl sites for hydroxylation is 1. The van der Waals surface area contributed by atoms with Crippen LogP contribution in [0.2, 0.25) is 0 Å². The molecule has 1 aliphatic heterocycles. The van der Waals surface area contributed by atoms with E-state index in [1.54, 1.807) is 0 Å². The van der Waals surface area contributed by atoms with Gasteiger partial charge in [0, 0.05) is 20.1 Å². The minimum absolute atomic E-state index is 0.00363. The van der Waals surface area contributed by atoms with Crippen LogP contribution in [0.1, 0.15) is 30.5 Å². The summed E-state index contributed by atoms with van der Waals surface area (Å²) in [5.74, 6) is 0.131. The van der Waals surface area contributed by atoms with Gasteiger partial charge in [0.25, 0.3) is 0 Å². The molecule has 1 amide bonds.